The highest BCUT2D eigenvalue weighted by Gasteiger charge is 2.08. The zero-order valence-corrected chi connectivity index (χ0v) is 12.5. The third kappa shape index (κ3) is 3.27. The Morgan fingerprint density at radius 2 is 2.10 bits per heavy atom. The third-order valence-corrected chi connectivity index (χ3v) is 3.21. The van der Waals surface area contributed by atoms with Crippen molar-refractivity contribution in [3.8, 4) is 0 Å². The van der Waals surface area contributed by atoms with Crippen molar-refractivity contribution in [1.82, 2.24) is 4.57 Å². The molecule has 1 heterocycles. The normalized spacial score (nSPS) is 10.3. The first-order valence-electron chi connectivity index (χ1n) is 5.98. The van der Waals surface area contributed by atoms with Gasteiger partial charge < -0.3 is 15.6 Å². The molecule has 0 aliphatic heterocycles. The van der Waals surface area contributed by atoms with E-state index in [0.717, 1.165) is 4.47 Å². The predicted molar refractivity (Wildman–Crippen MR) is 82.6 cm³/mol. The molecule has 3 N–H and O–H groups in total. The maximum Gasteiger partial charge on any atom is 0.253 e. The number of hydrogen-bond donors (Lipinski definition) is 2. The number of hydrogen-bond acceptors (Lipinski definition) is 3. The second-order valence-corrected chi connectivity index (χ2v) is 5.33. The van der Waals surface area contributed by atoms with E-state index >= 15 is 0 Å². The fourth-order valence-electron chi connectivity index (χ4n) is 1.81. The van der Waals surface area contributed by atoms with Crippen LogP contribution in [0.5, 0.6) is 0 Å². The number of nitrogens with one attached hydrogen (secondary N) is 1. The Hall–Kier alpha value is -2.08. The van der Waals surface area contributed by atoms with Gasteiger partial charge in [0.2, 0.25) is 5.91 Å². The highest BCUT2D eigenvalue weighted by atomic mass is 79.9. The quantitative estimate of drug-likeness (QED) is 0.843. The van der Waals surface area contributed by atoms with Gasteiger partial charge in [-0.1, -0.05) is 12.1 Å². The molecule has 0 atom stereocenters. The molecule has 0 saturated heterocycles. The third-order valence-electron chi connectivity index (χ3n) is 2.78. The van der Waals surface area contributed by atoms with Crippen LogP contribution in [0.1, 0.15) is 5.56 Å². The molecule has 0 saturated carbocycles. The maximum absolute atomic E-state index is 12.0. The Morgan fingerprint density at radius 1 is 1.40 bits per heavy atom. The standard InChI is InChI=1S/C14H14BrN3O2/c1-9-6-10(15)7-18(14(9)20)8-13(19)17-12-5-3-2-4-11(12)16/h2-7H,8,16H2,1H3,(H,17,19). The lowest BCUT2D eigenvalue weighted by atomic mass is 10.2. The van der Waals surface area contributed by atoms with Crippen molar-refractivity contribution in [2.75, 3.05) is 11.1 Å². The number of nitrogen functional groups attached to an aromatic ring is 1. The van der Waals surface area contributed by atoms with Gasteiger partial charge in [0.1, 0.15) is 6.54 Å². The molecule has 0 radical (unpaired) electrons. The summed E-state index contributed by atoms with van der Waals surface area (Å²) in [4.78, 5) is 23.9. The number of nitrogens with zero attached hydrogens (tertiary/aromatic N) is 1. The number of aryl methyl sites for hydroxylation is 1. The minimum absolute atomic E-state index is 0.0621. The summed E-state index contributed by atoms with van der Waals surface area (Å²) >= 11 is 3.30. The van der Waals surface area contributed by atoms with Crippen molar-refractivity contribution in [2.24, 2.45) is 0 Å². The highest BCUT2D eigenvalue weighted by Crippen LogP contribution is 2.16. The van der Waals surface area contributed by atoms with Crippen LogP contribution < -0.4 is 16.6 Å². The molecule has 2 aromatic rings. The summed E-state index contributed by atoms with van der Waals surface area (Å²) in [5.41, 5.74) is 7.16. The smallest absolute Gasteiger partial charge is 0.253 e. The first-order chi connectivity index (χ1) is 9.47. The zero-order valence-electron chi connectivity index (χ0n) is 10.9. The molecule has 2 rings (SSSR count). The average Bonchev–Trinajstić information content (AvgIpc) is 2.38. The highest BCUT2D eigenvalue weighted by molar-refractivity contribution is 9.10. The van der Waals surface area contributed by atoms with Gasteiger partial charge in [-0.05, 0) is 41.1 Å². The Bertz CT molecular complexity index is 710. The second kappa shape index (κ2) is 5.92. The van der Waals surface area contributed by atoms with E-state index in [1.165, 1.54) is 4.57 Å². The van der Waals surface area contributed by atoms with Crippen LogP contribution in [0.3, 0.4) is 0 Å². The van der Waals surface area contributed by atoms with Crippen molar-refractivity contribution >= 4 is 33.2 Å². The van der Waals surface area contributed by atoms with Gasteiger partial charge in [-0.3, -0.25) is 9.59 Å². The van der Waals surface area contributed by atoms with Gasteiger partial charge in [0.15, 0.2) is 0 Å². The summed E-state index contributed by atoms with van der Waals surface area (Å²) in [7, 11) is 0. The minimum atomic E-state index is -0.303. The van der Waals surface area contributed by atoms with Gasteiger partial charge in [-0.15, -0.1) is 0 Å². The molecule has 0 aliphatic carbocycles. The summed E-state index contributed by atoms with van der Waals surface area (Å²) in [5, 5.41) is 2.69. The maximum atomic E-state index is 12.0. The van der Waals surface area contributed by atoms with Crippen LogP contribution in [-0.2, 0) is 11.3 Å². The number of nitrogens with two attached hydrogens (primary N) is 1. The molecule has 1 amide bonds. The molecule has 20 heavy (non-hydrogen) atoms. The summed E-state index contributed by atoms with van der Waals surface area (Å²) in [6.45, 7) is 1.64. The summed E-state index contributed by atoms with van der Waals surface area (Å²) < 4.78 is 2.11. The summed E-state index contributed by atoms with van der Waals surface area (Å²) in [5.74, 6) is -0.303. The topological polar surface area (TPSA) is 77.1 Å². The number of para-hydroxylation sites is 2. The first-order valence-corrected chi connectivity index (χ1v) is 6.77. The van der Waals surface area contributed by atoms with Crippen LogP contribution in [0.2, 0.25) is 0 Å². The summed E-state index contributed by atoms with van der Waals surface area (Å²) in [6.07, 6.45) is 1.59. The Morgan fingerprint density at radius 3 is 2.80 bits per heavy atom. The predicted octanol–water partition coefficient (Wildman–Crippen LogP) is 2.14. The van der Waals surface area contributed by atoms with Gasteiger partial charge >= 0.3 is 0 Å². The Balaban J connectivity index is 2.17. The van der Waals surface area contributed by atoms with Crippen LogP contribution in [0.15, 0.2) is 45.8 Å². The SMILES string of the molecule is Cc1cc(Br)cn(CC(=O)Nc2ccccc2N)c1=O. The molecule has 0 bridgehead atoms. The number of benzene rings is 1. The summed E-state index contributed by atoms with van der Waals surface area (Å²) in [6, 6.07) is 8.69. The molecular formula is C14H14BrN3O2. The van der Waals surface area contributed by atoms with E-state index in [-0.39, 0.29) is 18.0 Å². The van der Waals surface area contributed by atoms with Gasteiger partial charge in [-0.2, -0.15) is 0 Å². The number of pyridine rings is 1. The van der Waals surface area contributed by atoms with Gasteiger partial charge in [0, 0.05) is 16.2 Å². The zero-order chi connectivity index (χ0) is 14.7. The van der Waals surface area contributed by atoms with Gasteiger partial charge in [0.25, 0.3) is 5.56 Å². The van der Waals surface area contributed by atoms with E-state index < -0.39 is 0 Å². The molecule has 104 valence electrons. The van der Waals surface area contributed by atoms with Gasteiger partial charge in [-0.25, -0.2) is 0 Å². The van der Waals surface area contributed by atoms with Crippen LogP contribution in [0, 0.1) is 6.92 Å². The van der Waals surface area contributed by atoms with Crippen LogP contribution in [0.25, 0.3) is 0 Å². The lowest BCUT2D eigenvalue weighted by molar-refractivity contribution is -0.116. The molecule has 6 heteroatoms. The minimum Gasteiger partial charge on any atom is -0.397 e. The number of anilines is 2. The largest absolute Gasteiger partial charge is 0.397 e. The van der Waals surface area contributed by atoms with Gasteiger partial charge in [0.05, 0.1) is 11.4 Å². The number of amides is 1. The van der Waals surface area contributed by atoms with Crippen LogP contribution in [-0.4, -0.2) is 10.5 Å². The van der Waals surface area contributed by atoms with Crippen molar-refractivity contribution in [1.29, 1.82) is 0 Å². The van der Waals surface area contributed by atoms with E-state index in [2.05, 4.69) is 21.2 Å². The van der Waals surface area contributed by atoms with Crippen LogP contribution >= 0.6 is 15.9 Å². The van der Waals surface area contributed by atoms with E-state index in [1.807, 2.05) is 0 Å². The molecule has 0 unspecified atom stereocenters. The number of carbonyl (C=O) groups is 1. The fraction of sp³-hybridized carbons (Fsp3) is 0.143. The number of aromatic nitrogens is 1. The molecule has 5 nitrogen and oxygen atoms in total. The number of carbonyl (C=O) groups excluding carboxylic acids is 1. The van der Waals surface area contributed by atoms with E-state index in [4.69, 9.17) is 5.73 Å². The lowest BCUT2D eigenvalue weighted by Gasteiger charge is -2.10. The fourth-order valence-corrected chi connectivity index (χ4v) is 2.40. The monoisotopic (exact) mass is 335 g/mol. The van der Waals surface area contributed by atoms with Crippen molar-refractivity contribution in [3.63, 3.8) is 0 Å². The van der Waals surface area contributed by atoms with Crippen molar-refractivity contribution in [2.45, 2.75) is 13.5 Å². The lowest BCUT2D eigenvalue weighted by Crippen LogP contribution is -2.28. The van der Waals surface area contributed by atoms with Crippen molar-refractivity contribution in [3.05, 3.63) is 56.9 Å². The molecule has 0 fully saturated rings. The Labute approximate surface area is 124 Å². The average molecular weight is 336 g/mol. The van der Waals surface area contributed by atoms with Crippen molar-refractivity contribution < 1.29 is 4.79 Å². The van der Waals surface area contributed by atoms with Crippen LogP contribution in [0.4, 0.5) is 11.4 Å². The molecule has 1 aromatic carbocycles. The number of halogens is 1. The Kier molecular flexibility index (Phi) is 4.24. The molecule has 0 spiro atoms. The second-order valence-electron chi connectivity index (χ2n) is 4.41. The van der Waals surface area contributed by atoms with E-state index in [9.17, 15) is 9.59 Å². The molecular weight excluding hydrogens is 322 g/mol. The molecule has 1 aromatic heterocycles. The first kappa shape index (κ1) is 14.3. The van der Waals surface area contributed by atoms with E-state index in [0.29, 0.717) is 16.9 Å². The molecule has 0 aliphatic rings. The number of rotatable bonds is 3. The van der Waals surface area contributed by atoms with E-state index in [1.54, 1.807) is 43.5 Å².